The van der Waals surface area contributed by atoms with Gasteiger partial charge in [-0.25, -0.2) is 0 Å². The Balaban J connectivity index is 1.86. The normalized spacial score (nSPS) is 22.1. The predicted octanol–water partition coefficient (Wildman–Crippen LogP) is 3.87. The third kappa shape index (κ3) is 5.57. The zero-order chi connectivity index (χ0) is 21.3. The first-order valence-electron chi connectivity index (χ1n) is 10.6. The summed E-state index contributed by atoms with van der Waals surface area (Å²) in [6.45, 7) is 14.6. The lowest BCUT2D eigenvalue weighted by Gasteiger charge is -2.40. The summed E-state index contributed by atoms with van der Waals surface area (Å²) < 4.78 is 21.9. The van der Waals surface area contributed by atoms with Gasteiger partial charge in [-0.1, -0.05) is 17.9 Å². The van der Waals surface area contributed by atoms with Gasteiger partial charge in [0.1, 0.15) is 11.4 Å². The SMILES string of the molecule is CC(C)(C)OCC#Cc1ccc2c(c1)[C@@H](N[S+]([O-])C(C)(C)C)C1(CCNCC1)C2. The molecule has 1 aliphatic heterocycles. The van der Waals surface area contributed by atoms with Crippen molar-refractivity contribution >= 4 is 11.4 Å². The van der Waals surface area contributed by atoms with E-state index in [2.05, 4.69) is 40.1 Å². The fourth-order valence-corrected chi connectivity index (χ4v) is 5.11. The van der Waals surface area contributed by atoms with Gasteiger partial charge in [0.05, 0.1) is 11.6 Å². The lowest BCUT2D eigenvalue weighted by atomic mass is 9.73. The zero-order valence-corrected chi connectivity index (χ0v) is 19.6. The Morgan fingerprint density at radius 3 is 2.52 bits per heavy atom. The van der Waals surface area contributed by atoms with Crippen LogP contribution in [0.15, 0.2) is 18.2 Å². The van der Waals surface area contributed by atoms with Gasteiger partial charge in [0.2, 0.25) is 0 Å². The molecule has 1 aromatic rings. The Hall–Kier alpha value is -1.03. The smallest absolute Gasteiger partial charge is 0.136 e. The Kier molecular flexibility index (Phi) is 6.72. The van der Waals surface area contributed by atoms with Crippen molar-refractivity contribution in [3.8, 4) is 11.8 Å². The zero-order valence-electron chi connectivity index (χ0n) is 18.8. The number of fused-ring (bicyclic) bond motifs is 1. The Bertz CT molecular complexity index is 777. The van der Waals surface area contributed by atoms with Gasteiger partial charge in [0.15, 0.2) is 0 Å². The third-order valence-corrected chi connectivity index (χ3v) is 7.36. The lowest BCUT2D eigenvalue weighted by molar-refractivity contribution is 0.0181. The molecule has 0 aromatic heterocycles. The van der Waals surface area contributed by atoms with Gasteiger partial charge in [-0.2, -0.15) is 0 Å². The summed E-state index contributed by atoms with van der Waals surface area (Å²) in [5.41, 5.74) is 3.59. The topological polar surface area (TPSA) is 56.3 Å². The molecule has 160 valence electrons. The Labute approximate surface area is 179 Å². The van der Waals surface area contributed by atoms with E-state index in [0.29, 0.717) is 6.61 Å². The summed E-state index contributed by atoms with van der Waals surface area (Å²) in [5, 5.41) is 3.48. The molecule has 0 radical (unpaired) electrons. The second-order valence-electron chi connectivity index (χ2n) is 10.3. The van der Waals surface area contributed by atoms with Crippen LogP contribution in [0.25, 0.3) is 0 Å². The maximum atomic E-state index is 13.0. The molecule has 0 saturated carbocycles. The van der Waals surface area contributed by atoms with Gasteiger partial charge in [0.25, 0.3) is 0 Å². The number of hydrogen-bond acceptors (Lipinski definition) is 4. The van der Waals surface area contributed by atoms with Gasteiger partial charge >= 0.3 is 0 Å². The molecule has 1 saturated heterocycles. The fourth-order valence-electron chi connectivity index (χ4n) is 4.17. The van der Waals surface area contributed by atoms with Crippen molar-refractivity contribution < 1.29 is 9.29 Å². The summed E-state index contributed by atoms with van der Waals surface area (Å²) >= 11 is -1.11. The van der Waals surface area contributed by atoms with E-state index in [0.717, 1.165) is 37.9 Å². The van der Waals surface area contributed by atoms with Crippen LogP contribution in [0.1, 0.15) is 77.1 Å². The summed E-state index contributed by atoms with van der Waals surface area (Å²) in [6, 6.07) is 6.64. The molecule has 29 heavy (non-hydrogen) atoms. The maximum absolute atomic E-state index is 13.0. The lowest BCUT2D eigenvalue weighted by Crippen LogP contribution is -2.48. The molecule has 4 nitrogen and oxygen atoms in total. The number of hydrogen-bond donors (Lipinski definition) is 2. The van der Waals surface area contributed by atoms with E-state index in [1.165, 1.54) is 11.1 Å². The summed E-state index contributed by atoms with van der Waals surface area (Å²) in [7, 11) is 0. The monoisotopic (exact) mass is 416 g/mol. The van der Waals surface area contributed by atoms with Crippen molar-refractivity contribution in [3.05, 3.63) is 34.9 Å². The number of ether oxygens (including phenoxy) is 1. The molecule has 2 aliphatic rings. The fraction of sp³-hybridized carbons (Fsp3) is 0.667. The van der Waals surface area contributed by atoms with Crippen LogP contribution in [0.5, 0.6) is 0 Å². The molecule has 1 aliphatic carbocycles. The first-order valence-corrected chi connectivity index (χ1v) is 11.8. The van der Waals surface area contributed by atoms with Crippen LogP contribution >= 0.6 is 0 Å². The summed E-state index contributed by atoms with van der Waals surface area (Å²) in [5.74, 6) is 6.39. The Morgan fingerprint density at radius 2 is 1.90 bits per heavy atom. The standard InChI is InChI=1S/C24H36N2O2S/c1-22(2,3)28-15-7-8-18-9-10-19-17-24(11-13-25-14-12-24)21(20(19)16-18)26-29(27)23(4,5)6/h9-10,16,21,25-26H,11-15,17H2,1-6H3/t21-,29?/m1/s1. The van der Waals surface area contributed by atoms with Crippen LogP contribution in [0.3, 0.4) is 0 Å². The van der Waals surface area contributed by atoms with Crippen LogP contribution < -0.4 is 10.0 Å². The first kappa shape index (κ1) is 22.7. The molecule has 0 bridgehead atoms. The molecule has 1 aromatic carbocycles. The van der Waals surface area contributed by atoms with E-state index in [4.69, 9.17) is 4.74 Å². The van der Waals surface area contributed by atoms with E-state index < -0.39 is 11.4 Å². The highest BCUT2D eigenvalue weighted by molar-refractivity contribution is 7.90. The van der Waals surface area contributed by atoms with E-state index in [1.807, 2.05) is 41.5 Å². The molecule has 1 unspecified atom stereocenters. The van der Waals surface area contributed by atoms with Gasteiger partial charge < -0.3 is 14.6 Å². The van der Waals surface area contributed by atoms with Gasteiger partial charge in [-0.15, -0.1) is 4.72 Å². The average molecular weight is 417 g/mol. The molecule has 2 atom stereocenters. The van der Waals surface area contributed by atoms with E-state index in [-0.39, 0.29) is 21.8 Å². The minimum absolute atomic E-state index is 0.104. The van der Waals surface area contributed by atoms with Crippen molar-refractivity contribution in [2.45, 2.75) is 77.2 Å². The van der Waals surface area contributed by atoms with Gasteiger partial charge in [0, 0.05) is 22.3 Å². The molecule has 0 amide bonds. The summed E-state index contributed by atoms with van der Waals surface area (Å²) in [4.78, 5) is 0. The molecule has 1 spiro atoms. The van der Waals surface area contributed by atoms with Gasteiger partial charge in [-0.3, -0.25) is 0 Å². The molecule has 2 N–H and O–H groups in total. The summed E-state index contributed by atoms with van der Waals surface area (Å²) in [6.07, 6.45) is 3.24. The largest absolute Gasteiger partial charge is 0.598 e. The van der Waals surface area contributed by atoms with Crippen LogP contribution in [-0.2, 0) is 22.5 Å². The number of nitrogens with one attached hydrogen (secondary N) is 2. The van der Waals surface area contributed by atoms with E-state index >= 15 is 0 Å². The van der Waals surface area contributed by atoms with Crippen LogP contribution in [-0.4, -0.2) is 34.6 Å². The van der Waals surface area contributed by atoms with Gasteiger partial charge in [-0.05, 0) is 97.2 Å². The number of benzene rings is 1. The van der Waals surface area contributed by atoms with Crippen molar-refractivity contribution in [3.63, 3.8) is 0 Å². The predicted molar refractivity (Wildman–Crippen MR) is 121 cm³/mol. The minimum atomic E-state index is -1.11. The molecule has 1 heterocycles. The molecular formula is C24H36N2O2S. The first-order chi connectivity index (χ1) is 13.5. The molecule has 5 heteroatoms. The van der Waals surface area contributed by atoms with Crippen molar-refractivity contribution in [1.29, 1.82) is 0 Å². The second-order valence-corrected chi connectivity index (χ2v) is 12.3. The quantitative estimate of drug-likeness (QED) is 0.580. The van der Waals surface area contributed by atoms with Crippen LogP contribution in [0.4, 0.5) is 0 Å². The highest BCUT2D eigenvalue weighted by atomic mass is 32.2. The maximum Gasteiger partial charge on any atom is 0.136 e. The van der Waals surface area contributed by atoms with E-state index in [9.17, 15) is 4.55 Å². The molecular weight excluding hydrogens is 380 g/mol. The van der Waals surface area contributed by atoms with Crippen molar-refractivity contribution in [2.24, 2.45) is 5.41 Å². The molecule has 1 fully saturated rings. The third-order valence-electron chi connectivity index (χ3n) is 5.80. The average Bonchev–Trinajstić information content (AvgIpc) is 2.90. The highest BCUT2D eigenvalue weighted by Crippen LogP contribution is 2.51. The van der Waals surface area contributed by atoms with Crippen LogP contribution in [0, 0.1) is 17.3 Å². The Morgan fingerprint density at radius 1 is 1.21 bits per heavy atom. The van der Waals surface area contributed by atoms with E-state index in [1.54, 1.807) is 0 Å². The van der Waals surface area contributed by atoms with Crippen molar-refractivity contribution in [1.82, 2.24) is 10.0 Å². The van der Waals surface area contributed by atoms with Crippen LogP contribution in [0.2, 0.25) is 0 Å². The number of rotatable bonds is 3. The molecule has 3 rings (SSSR count). The number of piperidine rings is 1. The second kappa shape index (κ2) is 8.61. The minimum Gasteiger partial charge on any atom is -0.598 e. The van der Waals surface area contributed by atoms with Crippen molar-refractivity contribution in [2.75, 3.05) is 19.7 Å². The highest BCUT2D eigenvalue weighted by Gasteiger charge is 2.49.